The lowest BCUT2D eigenvalue weighted by Crippen LogP contribution is -2.45. The number of halogens is 1. The quantitative estimate of drug-likeness (QED) is 0.931. The summed E-state index contributed by atoms with van der Waals surface area (Å²) in [5.74, 6) is -0.123. The lowest BCUT2D eigenvalue weighted by molar-refractivity contribution is -0.117. The highest BCUT2D eigenvalue weighted by Crippen LogP contribution is 2.28. The maximum absolute atomic E-state index is 12.6. The summed E-state index contributed by atoms with van der Waals surface area (Å²) in [6, 6.07) is 5.09. The molecule has 0 aromatic heterocycles. The number of nitrogens with zero attached hydrogens (tertiary/aromatic N) is 2. The van der Waals surface area contributed by atoms with Crippen molar-refractivity contribution >= 4 is 29.1 Å². The molecular formula is C16H20ClN3O2. The van der Waals surface area contributed by atoms with Gasteiger partial charge in [0.2, 0.25) is 5.91 Å². The number of amides is 2. The monoisotopic (exact) mass is 321 g/mol. The molecule has 2 aliphatic heterocycles. The van der Waals surface area contributed by atoms with Crippen LogP contribution in [0.2, 0.25) is 5.02 Å². The number of hydrogen-bond acceptors (Lipinski definition) is 3. The molecule has 2 fully saturated rings. The minimum Gasteiger partial charge on any atom is -0.312 e. The standard InChI is InChI=1S/C16H20ClN3O2/c17-12-6-7-13(14(11-12)20-10-4-5-15(20)21)16(22)18-19-8-2-1-3-9-19/h6-7,11H,1-5,8-10H2,(H,18,22). The first kappa shape index (κ1) is 15.3. The van der Waals surface area contributed by atoms with E-state index >= 15 is 0 Å². The largest absolute Gasteiger partial charge is 0.312 e. The molecule has 2 heterocycles. The normalized spacial score (nSPS) is 19.5. The summed E-state index contributed by atoms with van der Waals surface area (Å²) in [4.78, 5) is 26.2. The first-order valence-electron chi connectivity index (χ1n) is 7.81. The van der Waals surface area contributed by atoms with E-state index in [9.17, 15) is 9.59 Å². The summed E-state index contributed by atoms with van der Waals surface area (Å²) < 4.78 is 0. The van der Waals surface area contributed by atoms with Gasteiger partial charge in [-0.15, -0.1) is 0 Å². The van der Waals surface area contributed by atoms with E-state index in [-0.39, 0.29) is 11.8 Å². The number of hydrazine groups is 1. The van der Waals surface area contributed by atoms with Gasteiger partial charge in [0, 0.05) is 31.1 Å². The van der Waals surface area contributed by atoms with Crippen molar-refractivity contribution in [3.63, 3.8) is 0 Å². The summed E-state index contributed by atoms with van der Waals surface area (Å²) in [5, 5.41) is 2.49. The van der Waals surface area contributed by atoms with Crippen molar-refractivity contribution in [2.24, 2.45) is 0 Å². The second-order valence-electron chi connectivity index (χ2n) is 5.80. The molecule has 3 rings (SSSR count). The smallest absolute Gasteiger partial charge is 0.267 e. The van der Waals surface area contributed by atoms with E-state index in [1.165, 1.54) is 6.42 Å². The zero-order chi connectivity index (χ0) is 15.5. The van der Waals surface area contributed by atoms with Gasteiger partial charge in [0.05, 0.1) is 11.3 Å². The molecule has 1 N–H and O–H groups in total. The van der Waals surface area contributed by atoms with Crippen LogP contribution in [0.1, 0.15) is 42.5 Å². The molecule has 1 aromatic carbocycles. The second-order valence-corrected chi connectivity index (χ2v) is 6.24. The molecule has 2 saturated heterocycles. The number of rotatable bonds is 3. The molecule has 22 heavy (non-hydrogen) atoms. The average Bonchev–Trinajstić information content (AvgIpc) is 2.94. The van der Waals surface area contributed by atoms with Crippen LogP contribution in [0.15, 0.2) is 18.2 Å². The van der Waals surface area contributed by atoms with Gasteiger partial charge in [-0.05, 0) is 37.5 Å². The molecule has 5 nitrogen and oxygen atoms in total. The van der Waals surface area contributed by atoms with Crippen molar-refractivity contribution in [1.82, 2.24) is 10.4 Å². The van der Waals surface area contributed by atoms with Crippen LogP contribution in [0.25, 0.3) is 0 Å². The summed E-state index contributed by atoms with van der Waals surface area (Å²) in [7, 11) is 0. The number of carbonyl (C=O) groups excluding carboxylic acids is 2. The Kier molecular flexibility index (Phi) is 4.64. The number of nitrogens with one attached hydrogen (secondary N) is 1. The molecule has 0 aliphatic carbocycles. The van der Waals surface area contributed by atoms with Crippen molar-refractivity contribution in [3.8, 4) is 0 Å². The number of carbonyl (C=O) groups is 2. The van der Waals surface area contributed by atoms with Gasteiger partial charge in [-0.25, -0.2) is 5.01 Å². The average molecular weight is 322 g/mol. The van der Waals surface area contributed by atoms with Crippen molar-refractivity contribution in [2.45, 2.75) is 32.1 Å². The third kappa shape index (κ3) is 3.25. The summed E-state index contributed by atoms with van der Waals surface area (Å²) in [5.41, 5.74) is 4.07. The Hall–Kier alpha value is -1.59. The molecule has 118 valence electrons. The van der Waals surface area contributed by atoms with Crippen molar-refractivity contribution in [1.29, 1.82) is 0 Å². The van der Waals surface area contributed by atoms with Gasteiger partial charge in [-0.1, -0.05) is 18.0 Å². The predicted octanol–water partition coefficient (Wildman–Crippen LogP) is 2.60. The van der Waals surface area contributed by atoms with Gasteiger partial charge in [0.15, 0.2) is 0 Å². The lowest BCUT2D eigenvalue weighted by atomic mass is 10.1. The van der Waals surface area contributed by atoms with Crippen LogP contribution in [-0.4, -0.2) is 36.5 Å². The van der Waals surface area contributed by atoms with Crippen molar-refractivity contribution in [2.75, 3.05) is 24.5 Å². The van der Waals surface area contributed by atoms with E-state index in [1.807, 2.05) is 5.01 Å². The molecule has 0 radical (unpaired) electrons. The second kappa shape index (κ2) is 6.67. The van der Waals surface area contributed by atoms with E-state index in [4.69, 9.17) is 11.6 Å². The number of piperidine rings is 1. The van der Waals surface area contributed by atoms with E-state index in [0.29, 0.717) is 29.2 Å². The third-order valence-corrected chi connectivity index (χ3v) is 4.42. The number of anilines is 1. The topological polar surface area (TPSA) is 52.7 Å². The van der Waals surface area contributed by atoms with Crippen LogP contribution in [0, 0.1) is 0 Å². The Labute approximate surface area is 135 Å². The van der Waals surface area contributed by atoms with Crippen LogP contribution in [0.4, 0.5) is 5.69 Å². The molecule has 2 amide bonds. The Morgan fingerprint density at radius 2 is 1.86 bits per heavy atom. The third-order valence-electron chi connectivity index (χ3n) is 4.18. The van der Waals surface area contributed by atoms with Crippen LogP contribution in [0.3, 0.4) is 0 Å². The summed E-state index contributed by atoms with van der Waals surface area (Å²) >= 11 is 6.06. The highest BCUT2D eigenvalue weighted by molar-refractivity contribution is 6.31. The number of hydrogen-bond donors (Lipinski definition) is 1. The number of benzene rings is 1. The highest BCUT2D eigenvalue weighted by Gasteiger charge is 2.26. The van der Waals surface area contributed by atoms with Gasteiger partial charge in [-0.2, -0.15) is 0 Å². The molecule has 0 bridgehead atoms. The van der Waals surface area contributed by atoms with Crippen molar-refractivity contribution < 1.29 is 9.59 Å². The molecule has 6 heteroatoms. The van der Waals surface area contributed by atoms with E-state index < -0.39 is 0 Å². The zero-order valence-corrected chi connectivity index (χ0v) is 13.2. The Morgan fingerprint density at radius 1 is 1.09 bits per heavy atom. The van der Waals surface area contributed by atoms with E-state index in [0.717, 1.165) is 32.4 Å². The van der Waals surface area contributed by atoms with E-state index in [1.54, 1.807) is 23.1 Å². The highest BCUT2D eigenvalue weighted by atomic mass is 35.5. The lowest BCUT2D eigenvalue weighted by Gasteiger charge is -2.28. The van der Waals surface area contributed by atoms with Gasteiger partial charge >= 0.3 is 0 Å². The van der Waals surface area contributed by atoms with E-state index in [2.05, 4.69) is 5.43 Å². The molecule has 0 unspecified atom stereocenters. The zero-order valence-electron chi connectivity index (χ0n) is 12.5. The van der Waals surface area contributed by atoms with Gasteiger partial charge in [-0.3, -0.25) is 15.0 Å². The predicted molar refractivity (Wildman–Crippen MR) is 85.9 cm³/mol. The van der Waals surface area contributed by atoms with Gasteiger partial charge < -0.3 is 4.90 Å². The molecule has 0 spiro atoms. The fourth-order valence-corrected chi connectivity index (χ4v) is 3.20. The summed E-state index contributed by atoms with van der Waals surface area (Å²) in [6.07, 6.45) is 4.75. The van der Waals surface area contributed by atoms with Crippen LogP contribution >= 0.6 is 11.6 Å². The van der Waals surface area contributed by atoms with Gasteiger partial charge in [0.25, 0.3) is 5.91 Å². The minimum atomic E-state index is -0.173. The molecule has 0 atom stereocenters. The Balaban J connectivity index is 1.82. The molecule has 2 aliphatic rings. The fourth-order valence-electron chi connectivity index (χ4n) is 3.03. The minimum absolute atomic E-state index is 0.0503. The van der Waals surface area contributed by atoms with Crippen LogP contribution < -0.4 is 10.3 Å². The first-order valence-corrected chi connectivity index (χ1v) is 8.19. The van der Waals surface area contributed by atoms with Gasteiger partial charge in [0.1, 0.15) is 0 Å². The Bertz CT molecular complexity index is 585. The first-order chi connectivity index (χ1) is 10.6. The maximum Gasteiger partial charge on any atom is 0.267 e. The summed E-state index contributed by atoms with van der Waals surface area (Å²) in [6.45, 7) is 2.39. The molecular weight excluding hydrogens is 302 g/mol. The Morgan fingerprint density at radius 3 is 2.55 bits per heavy atom. The van der Waals surface area contributed by atoms with Crippen molar-refractivity contribution in [3.05, 3.63) is 28.8 Å². The SMILES string of the molecule is O=C(NN1CCCCC1)c1ccc(Cl)cc1N1CCCC1=O. The molecule has 0 saturated carbocycles. The van der Waals surface area contributed by atoms with Crippen LogP contribution in [0.5, 0.6) is 0 Å². The molecule has 1 aromatic rings. The fraction of sp³-hybridized carbons (Fsp3) is 0.500. The maximum atomic E-state index is 12.6. The van der Waals surface area contributed by atoms with Crippen LogP contribution in [-0.2, 0) is 4.79 Å².